The Morgan fingerprint density at radius 1 is 0.605 bits per heavy atom. The van der Waals surface area contributed by atoms with Crippen molar-refractivity contribution in [1.29, 1.82) is 0 Å². The van der Waals surface area contributed by atoms with Crippen molar-refractivity contribution in [3.05, 3.63) is 194 Å². The van der Waals surface area contributed by atoms with Gasteiger partial charge in [0.15, 0.2) is 11.4 Å². The fourth-order valence-corrected chi connectivity index (χ4v) is 7.18. The van der Waals surface area contributed by atoms with Crippen molar-refractivity contribution >= 4 is 61.9 Å². The molecule has 0 unspecified atom stereocenters. The third-order valence-electron chi connectivity index (χ3n) is 10.7. The quantitative estimate of drug-likeness (QED) is 0.0781. The Labute approximate surface area is 427 Å². The Morgan fingerprint density at radius 3 is 1.43 bits per heavy atom. The highest BCUT2D eigenvalue weighted by molar-refractivity contribution is 5.98. The van der Waals surface area contributed by atoms with E-state index in [4.69, 9.17) is 28.7 Å². The topological polar surface area (TPSA) is 192 Å². The minimum Gasteiger partial charge on any atom is -0.477 e. The van der Waals surface area contributed by atoms with Crippen LogP contribution in [0.25, 0.3) is 42.4 Å². The number of fused-ring (bicyclic) bond motifs is 3. The molecule has 0 spiro atoms. The normalized spacial score (nSPS) is 11.2. The standard InChI is InChI=1S/C19H13F3N4O.C15H14F3NO2.C13H7F3N2O2.C6H8N2/c1-11-7-16(18(27)25-10-12-5-3-4-6-24-12)26-17-14(11)8-13(23-2)9-15(17)19(20,21)22;1-4-21-14(20)12-7-9(3)10-5-8(2)6-11(13(10)19-12)15(16,17)18;1-6-3-10(12(19)20)18-11-8(6)4-7(17-2)5-9(11)13(14,15)16;7-5-6-3-1-2-4-8-6/h3-9H,10H2,1H3,(H,25,27);5-7H,4H2,1-3H3;3-5H,1H3,(H,19,20);1-4H,5,7H2. The van der Waals surface area contributed by atoms with Gasteiger partial charge in [0.1, 0.15) is 17.1 Å². The lowest BCUT2D eigenvalue weighted by Gasteiger charge is -2.13. The average molecular weight is 1060 g/mol. The summed E-state index contributed by atoms with van der Waals surface area (Å²) >= 11 is 0. The number of hydrogen-bond donors (Lipinski definition) is 3. The maximum atomic E-state index is 13.4. The molecule has 0 aliphatic carbocycles. The first-order valence-corrected chi connectivity index (χ1v) is 22.2. The number of carboxylic acids is 1. The Bertz CT molecular complexity index is 3540. The summed E-state index contributed by atoms with van der Waals surface area (Å²) in [6.07, 6.45) is -10.6. The predicted octanol–water partition coefficient (Wildman–Crippen LogP) is 12.8. The summed E-state index contributed by atoms with van der Waals surface area (Å²) in [6, 6.07) is 21.6. The van der Waals surface area contributed by atoms with E-state index in [2.05, 4.69) is 39.9 Å². The molecule has 0 aliphatic heterocycles. The number of ether oxygens (including phenoxy) is 1. The number of nitrogens with zero attached hydrogens (tertiary/aromatic N) is 7. The maximum Gasteiger partial charge on any atom is 0.418 e. The molecule has 5 heterocycles. The second-order valence-electron chi connectivity index (χ2n) is 16.2. The number of amides is 1. The van der Waals surface area contributed by atoms with Gasteiger partial charge in [-0.1, -0.05) is 12.1 Å². The molecule has 23 heteroatoms. The molecule has 0 saturated heterocycles. The number of halogens is 9. The SMILES string of the molecule is CCOC(=O)c1cc(C)c2cc(C)cc(C(F)(F)F)c2n1.NCc1ccccn1.[C-]#[N+]c1cc(C(F)(F)F)c2nc(C(=O)NCc3ccccn3)cc(C)c2c1.[C-]#[N+]c1cc(C(F)(F)F)c2nc(C(=O)O)cc(C)c2c1. The first kappa shape index (κ1) is 57.8. The van der Waals surface area contributed by atoms with Crippen molar-refractivity contribution < 1.29 is 63.7 Å². The van der Waals surface area contributed by atoms with Gasteiger partial charge in [0.05, 0.1) is 70.9 Å². The molecular formula is C53H42F9N9O5. The van der Waals surface area contributed by atoms with Crippen LogP contribution in [-0.4, -0.2) is 54.5 Å². The van der Waals surface area contributed by atoms with Gasteiger partial charge in [0, 0.05) is 24.3 Å². The summed E-state index contributed by atoms with van der Waals surface area (Å²) in [5.74, 6) is -2.73. The van der Waals surface area contributed by atoms with E-state index in [0.717, 1.165) is 17.8 Å². The number of pyridine rings is 5. The Balaban J connectivity index is 0.000000198. The third-order valence-corrected chi connectivity index (χ3v) is 10.7. The van der Waals surface area contributed by atoms with E-state index in [1.165, 1.54) is 37.3 Å². The van der Waals surface area contributed by atoms with Gasteiger partial charge in [-0.25, -0.2) is 34.2 Å². The lowest BCUT2D eigenvalue weighted by Crippen LogP contribution is -2.24. The number of hydrogen-bond acceptors (Lipinski definition) is 10. The largest absolute Gasteiger partial charge is 0.477 e. The first-order valence-electron chi connectivity index (χ1n) is 22.2. The molecule has 0 saturated carbocycles. The first-order chi connectivity index (χ1) is 35.7. The molecular weight excluding hydrogens is 1010 g/mol. The summed E-state index contributed by atoms with van der Waals surface area (Å²) < 4.78 is 124. The smallest absolute Gasteiger partial charge is 0.418 e. The highest BCUT2D eigenvalue weighted by atomic mass is 19.4. The zero-order valence-electron chi connectivity index (χ0n) is 40.6. The predicted molar refractivity (Wildman–Crippen MR) is 262 cm³/mol. The summed E-state index contributed by atoms with van der Waals surface area (Å²) in [4.78, 5) is 60.4. The zero-order chi connectivity index (χ0) is 56.3. The highest BCUT2D eigenvalue weighted by Crippen LogP contribution is 2.40. The average Bonchev–Trinajstić information content (AvgIpc) is 3.38. The molecule has 5 aromatic heterocycles. The number of nitrogens with two attached hydrogens (primary N) is 1. The van der Waals surface area contributed by atoms with Gasteiger partial charge in [-0.05, 0) is 147 Å². The number of carbonyl (C=O) groups is 3. The molecule has 0 bridgehead atoms. The molecule has 0 atom stereocenters. The second-order valence-corrected chi connectivity index (χ2v) is 16.2. The van der Waals surface area contributed by atoms with E-state index in [9.17, 15) is 53.9 Å². The van der Waals surface area contributed by atoms with Crippen molar-refractivity contribution in [2.24, 2.45) is 5.73 Å². The van der Waals surface area contributed by atoms with E-state index in [0.29, 0.717) is 45.9 Å². The van der Waals surface area contributed by atoms with Crippen molar-refractivity contribution in [2.45, 2.75) is 66.2 Å². The van der Waals surface area contributed by atoms with Gasteiger partial charge in [-0.2, -0.15) is 39.5 Å². The van der Waals surface area contributed by atoms with Crippen LogP contribution in [0.4, 0.5) is 50.9 Å². The summed E-state index contributed by atoms with van der Waals surface area (Å²) in [5.41, 5.74) is 3.62. The van der Waals surface area contributed by atoms with Gasteiger partial charge in [0.2, 0.25) is 0 Å². The Kier molecular flexibility index (Phi) is 18.5. The molecule has 0 fully saturated rings. The van der Waals surface area contributed by atoms with Crippen LogP contribution in [0, 0.1) is 40.8 Å². The van der Waals surface area contributed by atoms with Crippen LogP contribution in [0.15, 0.2) is 103 Å². The molecule has 3 aromatic carbocycles. The van der Waals surface area contributed by atoms with Crippen LogP contribution in [0.5, 0.6) is 0 Å². The number of alkyl halides is 9. The number of carboxylic acid groups (broad SMARTS) is 1. The van der Waals surface area contributed by atoms with Crippen LogP contribution < -0.4 is 11.1 Å². The van der Waals surface area contributed by atoms with Gasteiger partial charge in [-0.3, -0.25) is 14.8 Å². The Morgan fingerprint density at radius 2 is 1.03 bits per heavy atom. The van der Waals surface area contributed by atoms with Gasteiger partial charge in [-0.15, -0.1) is 0 Å². The number of nitrogens with one attached hydrogen (secondary N) is 1. The number of rotatable bonds is 7. The molecule has 0 aliphatic rings. The molecule has 14 nitrogen and oxygen atoms in total. The maximum absolute atomic E-state index is 13.4. The fraction of sp³-hybridized carbons (Fsp3) is 0.208. The van der Waals surface area contributed by atoms with Crippen molar-refractivity contribution in [3.63, 3.8) is 0 Å². The number of aromatic nitrogens is 5. The second kappa shape index (κ2) is 24.3. The zero-order valence-corrected chi connectivity index (χ0v) is 40.6. The number of benzene rings is 3. The van der Waals surface area contributed by atoms with E-state index in [1.54, 1.807) is 64.4 Å². The lowest BCUT2D eigenvalue weighted by atomic mass is 10.0. The molecule has 0 radical (unpaired) electrons. The summed E-state index contributed by atoms with van der Waals surface area (Å²) in [5, 5.41) is 12.2. The van der Waals surface area contributed by atoms with Crippen LogP contribution in [-0.2, 0) is 36.4 Å². The molecule has 76 heavy (non-hydrogen) atoms. The van der Waals surface area contributed by atoms with E-state index < -0.39 is 64.3 Å². The number of aromatic carboxylic acids is 1. The van der Waals surface area contributed by atoms with E-state index in [-0.39, 0.29) is 57.7 Å². The Hall–Kier alpha value is -9.09. The highest BCUT2D eigenvalue weighted by Gasteiger charge is 2.36. The molecule has 1 amide bonds. The number of esters is 1. The molecule has 392 valence electrons. The van der Waals surface area contributed by atoms with Gasteiger partial charge < -0.3 is 20.9 Å². The molecule has 8 rings (SSSR count). The van der Waals surface area contributed by atoms with Crippen LogP contribution in [0.2, 0.25) is 0 Å². The third kappa shape index (κ3) is 14.6. The van der Waals surface area contributed by atoms with Crippen LogP contribution in [0.3, 0.4) is 0 Å². The minimum absolute atomic E-state index is 0.115. The molecule has 8 aromatic rings. The minimum atomic E-state index is -4.71. The fourth-order valence-electron chi connectivity index (χ4n) is 7.18. The van der Waals surface area contributed by atoms with Crippen LogP contribution >= 0.6 is 0 Å². The van der Waals surface area contributed by atoms with Crippen LogP contribution in [0.1, 0.15) is 88.7 Å². The number of carbonyl (C=O) groups excluding carboxylic acids is 2. The van der Waals surface area contributed by atoms with Gasteiger partial charge in [0.25, 0.3) is 5.91 Å². The summed E-state index contributed by atoms with van der Waals surface area (Å²) in [7, 11) is 0. The van der Waals surface area contributed by atoms with E-state index in [1.807, 2.05) is 18.2 Å². The van der Waals surface area contributed by atoms with Crippen molar-refractivity contribution in [3.8, 4) is 0 Å². The van der Waals surface area contributed by atoms with Gasteiger partial charge >= 0.3 is 30.5 Å². The lowest BCUT2D eigenvalue weighted by molar-refractivity contribution is -0.137. The number of aryl methyl sites for hydroxylation is 4. The monoisotopic (exact) mass is 1060 g/mol. The summed E-state index contributed by atoms with van der Waals surface area (Å²) in [6.45, 7) is 22.6. The molecule has 4 N–H and O–H groups in total. The van der Waals surface area contributed by atoms with Crippen molar-refractivity contribution in [1.82, 2.24) is 30.2 Å². The van der Waals surface area contributed by atoms with E-state index >= 15 is 0 Å². The van der Waals surface area contributed by atoms with Crippen molar-refractivity contribution in [2.75, 3.05) is 6.61 Å².